The Balaban J connectivity index is 2.02. The zero-order valence-electron chi connectivity index (χ0n) is 12.0. The summed E-state index contributed by atoms with van der Waals surface area (Å²) in [5, 5.41) is 3.42. The number of halogens is 2. The smallest absolute Gasteiger partial charge is 0.124 e. The maximum Gasteiger partial charge on any atom is 0.124 e. The summed E-state index contributed by atoms with van der Waals surface area (Å²) < 4.78 is 8.13. The second-order valence-electron chi connectivity index (χ2n) is 4.84. The Labute approximate surface area is 143 Å². The summed E-state index contributed by atoms with van der Waals surface area (Å²) in [6.07, 6.45) is 1.13. The van der Waals surface area contributed by atoms with E-state index in [4.69, 9.17) is 4.74 Å². The van der Waals surface area contributed by atoms with Crippen LogP contribution in [0.4, 0.5) is 0 Å². The van der Waals surface area contributed by atoms with E-state index in [1.807, 2.05) is 24.3 Å². The Hall–Kier alpha value is -0.840. The molecule has 0 bridgehead atoms. The van der Waals surface area contributed by atoms with Crippen LogP contribution >= 0.6 is 31.9 Å². The fourth-order valence-electron chi connectivity index (χ4n) is 1.97. The number of rotatable bonds is 7. The van der Waals surface area contributed by atoms with Gasteiger partial charge in [0, 0.05) is 21.1 Å². The number of benzene rings is 2. The Morgan fingerprint density at radius 1 is 1.00 bits per heavy atom. The van der Waals surface area contributed by atoms with Crippen LogP contribution in [0.25, 0.3) is 0 Å². The molecule has 0 saturated carbocycles. The molecule has 2 nitrogen and oxygen atoms in total. The van der Waals surface area contributed by atoms with Gasteiger partial charge in [-0.15, -0.1) is 0 Å². The van der Waals surface area contributed by atoms with Gasteiger partial charge in [-0.2, -0.15) is 0 Å². The molecule has 2 rings (SSSR count). The highest BCUT2D eigenvalue weighted by Gasteiger charge is 2.05. The molecule has 2 aromatic carbocycles. The third-order valence-corrected chi connectivity index (χ3v) is 4.09. The SMILES string of the molecule is CCCNCc1cc(Br)ccc1OCc1ccc(Br)cc1. The molecule has 0 aliphatic carbocycles. The summed E-state index contributed by atoms with van der Waals surface area (Å²) in [6, 6.07) is 14.3. The van der Waals surface area contributed by atoms with Gasteiger partial charge in [0.1, 0.15) is 12.4 Å². The van der Waals surface area contributed by atoms with Gasteiger partial charge in [-0.1, -0.05) is 50.9 Å². The van der Waals surface area contributed by atoms with Gasteiger partial charge in [-0.3, -0.25) is 0 Å². The lowest BCUT2D eigenvalue weighted by Gasteiger charge is -2.13. The van der Waals surface area contributed by atoms with E-state index >= 15 is 0 Å². The molecular weight excluding hydrogens is 394 g/mol. The van der Waals surface area contributed by atoms with Gasteiger partial charge in [0.15, 0.2) is 0 Å². The average molecular weight is 413 g/mol. The Kier molecular flexibility index (Phi) is 6.74. The van der Waals surface area contributed by atoms with Crippen LogP contribution in [-0.4, -0.2) is 6.54 Å². The monoisotopic (exact) mass is 411 g/mol. The Morgan fingerprint density at radius 2 is 1.71 bits per heavy atom. The van der Waals surface area contributed by atoms with Crippen molar-refractivity contribution in [1.29, 1.82) is 0 Å². The van der Waals surface area contributed by atoms with Crippen molar-refractivity contribution in [3.05, 3.63) is 62.5 Å². The first-order valence-electron chi connectivity index (χ1n) is 7.05. The number of hydrogen-bond acceptors (Lipinski definition) is 2. The van der Waals surface area contributed by atoms with E-state index in [9.17, 15) is 0 Å². The van der Waals surface area contributed by atoms with Gasteiger partial charge < -0.3 is 10.1 Å². The predicted molar refractivity (Wildman–Crippen MR) is 94.6 cm³/mol. The van der Waals surface area contributed by atoms with Crippen LogP contribution in [0, 0.1) is 0 Å². The van der Waals surface area contributed by atoms with Crippen LogP contribution in [-0.2, 0) is 13.2 Å². The molecule has 0 atom stereocenters. The van der Waals surface area contributed by atoms with Gasteiger partial charge in [-0.25, -0.2) is 0 Å². The molecule has 0 fully saturated rings. The van der Waals surface area contributed by atoms with Crippen molar-refractivity contribution in [2.24, 2.45) is 0 Å². The summed E-state index contributed by atoms with van der Waals surface area (Å²) in [6.45, 7) is 4.58. The molecule has 0 aliphatic heterocycles. The minimum absolute atomic E-state index is 0.579. The summed E-state index contributed by atoms with van der Waals surface area (Å²) in [5.41, 5.74) is 2.34. The fraction of sp³-hybridized carbons (Fsp3) is 0.294. The van der Waals surface area contributed by atoms with Crippen molar-refractivity contribution in [3.8, 4) is 5.75 Å². The molecule has 0 saturated heterocycles. The van der Waals surface area contributed by atoms with Crippen LogP contribution in [0.1, 0.15) is 24.5 Å². The Morgan fingerprint density at radius 3 is 2.43 bits per heavy atom. The van der Waals surface area contributed by atoms with E-state index in [0.29, 0.717) is 6.61 Å². The number of ether oxygens (including phenoxy) is 1. The summed E-state index contributed by atoms with van der Waals surface area (Å²) in [7, 11) is 0. The van der Waals surface area contributed by atoms with Gasteiger partial charge >= 0.3 is 0 Å². The first-order chi connectivity index (χ1) is 10.2. The topological polar surface area (TPSA) is 21.3 Å². The van der Waals surface area contributed by atoms with E-state index in [2.05, 4.69) is 62.3 Å². The minimum atomic E-state index is 0.579. The first-order valence-corrected chi connectivity index (χ1v) is 8.64. The summed E-state index contributed by atoms with van der Waals surface area (Å²) >= 11 is 6.96. The lowest BCUT2D eigenvalue weighted by molar-refractivity contribution is 0.302. The van der Waals surface area contributed by atoms with E-state index < -0.39 is 0 Å². The van der Waals surface area contributed by atoms with Gasteiger partial charge in [-0.05, 0) is 48.9 Å². The second kappa shape index (κ2) is 8.57. The quantitative estimate of drug-likeness (QED) is 0.623. The van der Waals surface area contributed by atoms with Crippen LogP contribution in [0.2, 0.25) is 0 Å². The minimum Gasteiger partial charge on any atom is -0.489 e. The number of hydrogen-bond donors (Lipinski definition) is 1. The highest BCUT2D eigenvalue weighted by Crippen LogP contribution is 2.24. The van der Waals surface area contributed by atoms with E-state index in [1.54, 1.807) is 0 Å². The molecule has 0 amide bonds. The lowest BCUT2D eigenvalue weighted by atomic mass is 10.2. The van der Waals surface area contributed by atoms with E-state index in [-0.39, 0.29) is 0 Å². The highest BCUT2D eigenvalue weighted by atomic mass is 79.9. The zero-order chi connectivity index (χ0) is 15.1. The standard InChI is InChI=1S/C17H19Br2NO/c1-2-9-20-11-14-10-16(19)7-8-17(14)21-12-13-3-5-15(18)6-4-13/h3-8,10,20H,2,9,11-12H2,1H3. The maximum absolute atomic E-state index is 5.97. The van der Waals surface area contributed by atoms with Crippen molar-refractivity contribution in [2.75, 3.05) is 6.54 Å². The molecule has 112 valence electrons. The molecule has 21 heavy (non-hydrogen) atoms. The summed E-state index contributed by atoms with van der Waals surface area (Å²) in [4.78, 5) is 0. The molecule has 4 heteroatoms. The van der Waals surface area contributed by atoms with Gasteiger partial charge in [0.2, 0.25) is 0 Å². The third-order valence-electron chi connectivity index (χ3n) is 3.07. The summed E-state index contributed by atoms with van der Waals surface area (Å²) in [5.74, 6) is 0.935. The first kappa shape index (κ1) is 16.5. The van der Waals surface area contributed by atoms with Gasteiger partial charge in [0.25, 0.3) is 0 Å². The van der Waals surface area contributed by atoms with E-state index in [0.717, 1.165) is 39.8 Å². The van der Waals surface area contributed by atoms with Crippen molar-refractivity contribution in [2.45, 2.75) is 26.5 Å². The third kappa shape index (κ3) is 5.46. The van der Waals surface area contributed by atoms with Crippen molar-refractivity contribution in [1.82, 2.24) is 5.32 Å². The van der Waals surface area contributed by atoms with Crippen molar-refractivity contribution >= 4 is 31.9 Å². The molecular formula is C17H19Br2NO. The molecule has 0 radical (unpaired) electrons. The molecule has 0 aliphatic rings. The van der Waals surface area contributed by atoms with Gasteiger partial charge in [0.05, 0.1) is 0 Å². The largest absolute Gasteiger partial charge is 0.489 e. The fourth-order valence-corrected chi connectivity index (χ4v) is 2.64. The lowest BCUT2D eigenvalue weighted by Crippen LogP contribution is -2.14. The zero-order valence-corrected chi connectivity index (χ0v) is 15.2. The van der Waals surface area contributed by atoms with Crippen molar-refractivity contribution in [3.63, 3.8) is 0 Å². The molecule has 2 aromatic rings. The van der Waals surface area contributed by atoms with Crippen LogP contribution in [0.3, 0.4) is 0 Å². The highest BCUT2D eigenvalue weighted by molar-refractivity contribution is 9.10. The molecule has 0 heterocycles. The Bertz CT molecular complexity index is 570. The molecule has 1 N–H and O–H groups in total. The van der Waals surface area contributed by atoms with Crippen LogP contribution in [0.15, 0.2) is 51.4 Å². The van der Waals surface area contributed by atoms with Crippen LogP contribution < -0.4 is 10.1 Å². The molecule has 0 aromatic heterocycles. The second-order valence-corrected chi connectivity index (χ2v) is 6.68. The number of nitrogens with one attached hydrogen (secondary N) is 1. The predicted octanol–water partition coefficient (Wildman–Crippen LogP) is 5.29. The normalized spacial score (nSPS) is 10.6. The van der Waals surface area contributed by atoms with E-state index in [1.165, 1.54) is 5.56 Å². The molecule has 0 unspecified atom stereocenters. The van der Waals surface area contributed by atoms with Crippen LogP contribution in [0.5, 0.6) is 5.75 Å². The van der Waals surface area contributed by atoms with Crippen molar-refractivity contribution < 1.29 is 4.74 Å². The molecule has 0 spiro atoms. The maximum atomic E-state index is 5.97. The average Bonchev–Trinajstić information content (AvgIpc) is 2.48.